The minimum Gasteiger partial charge on any atom is -0.452 e. The fourth-order valence-electron chi connectivity index (χ4n) is 1.69. The van der Waals surface area contributed by atoms with E-state index in [9.17, 15) is 14.4 Å². The summed E-state index contributed by atoms with van der Waals surface area (Å²) < 4.78 is 5.01. The fourth-order valence-corrected chi connectivity index (χ4v) is 2.01. The van der Waals surface area contributed by atoms with Crippen LogP contribution >= 0.6 is 23.2 Å². The summed E-state index contributed by atoms with van der Waals surface area (Å²) in [5.74, 6) is -1.33. The molecule has 0 bridgehead atoms. The van der Waals surface area contributed by atoms with Gasteiger partial charge in [0.05, 0.1) is 16.5 Å². The third-order valence-electron chi connectivity index (χ3n) is 2.74. The van der Waals surface area contributed by atoms with Gasteiger partial charge < -0.3 is 10.1 Å². The van der Waals surface area contributed by atoms with Gasteiger partial charge in [0.1, 0.15) is 0 Å². The van der Waals surface area contributed by atoms with Crippen LogP contribution < -0.4 is 10.6 Å². The molecule has 0 fully saturated rings. The van der Waals surface area contributed by atoms with Crippen molar-refractivity contribution in [2.45, 2.75) is 45.8 Å². The number of rotatable bonds is 4. The van der Waals surface area contributed by atoms with E-state index in [1.807, 2.05) is 0 Å². The molecule has 0 aromatic heterocycles. The largest absolute Gasteiger partial charge is 0.452 e. The highest BCUT2D eigenvalue weighted by molar-refractivity contribution is 6.42. The number of urea groups is 1. The Balaban J connectivity index is 2.52. The van der Waals surface area contributed by atoms with E-state index in [0.717, 1.165) is 0 Å². The molecule has 0 saturated carbocycles. The van der Waals surface area contributed by atoms with Gasteiger partial charge in [-0.25, -0.2) is 4.79 Å². The van der Waals surface area contributed by atoms with Crippen LogP contribution in [-0.2, 0) is 20.7 Å². The van der Waals surface area contributed by atoms with Crippen molar-refractivity contribution in [1.29, 1.82) is 0 Å². The van der Waals surface area contributed by atoms with Crippen molar-refractivity contribution in [1.82, 2.24) is 10.6 Å². The molecule has 24 heavy (non-hydrogen) atoms. The Morgan fingerprint density at radius 3 is 2.33 bits per heavy atom. The van der Waals surface area contributed by atoms with Crippen molar-refractivity contribution in [3.63, 3.8) is 0 Å². The number of imide groups is 1. The maximum absolute atomic E-state index is 11.9. The predicted octanol–water partition coefficient (Wildman–Crippen LogP) is 3.09. The number of hydrogen-bond acceptors (Lipinski definition) is 4. The molecule has 0 radical (unpaired) electrons. The number of benzene rings is 1. The van der Waals surface area contributed by atoms with E-state index in [1.54, 1.807) is 39.0 Å². The second-order valence-electron chi connectivity index (χ2n) is 6.25. The Kier molecular flexibility index (Phi) is 7.05. The zero-order valence-electron chi connectivity index (χ0n) is 13.9. The van der Waals surface area contributed by atoms with Gasteiger partial charge in [-0.05, 0) is 45.4 Å². The standard InChI is InChI=1S/C16H20Cl2N2O4/c1-9(14(22)19-15(23)20-16(2,3)4)24-13(21)8-10-5-6-11(17)12(18)7-10/h5-7,9H,8H2,1-4H3,(H2,19,20,22,23). The number of nitrogens with one attached hydrogen (secondary N) is 2. The summed E-state index contributed by atoms with van der Waals surface area (Å²) in [6.07, 6.45) is -1.17. The number of esters is 1. The summed E-state index contributed by atoms with van der Waals surface area (Å²) >= 11 is 11.7. The first-order valence-corrected chi connectivity index (χ1v) is 8.00. The number of carbonyl (C=O) groups is 3. The Labute approximate surface area is 150 Å². The van der Waals surface area contributed by atoms with E-state index < -0.39 is 29.6 Å². The van der Waals surface area contributed by atoms with Crippen LogP contribution in [0.5, 0.6) is 0 Å². The van der Waals surface area contributed by atoms with Gasteiger partial charge in [0.15, 0.2) is 6.10 Å². The van der Waals surface area contributed by atoms with E-state index in [1.165, 1.54) is 6.92 Å². The van der Waals surface area contributed by atoms with Crippen LogP contribution in [0, 0.1) is 0 Å². The average molecular weight is 375 g/mol. The summed E-state index contributed by atoms with van der Waals surface area (Å²) in [5, 5.41) is 5.39. The normalized spacial score (nSPS) is 12.2. The molecule has 0 aliphatic heterocycles. The maximum atomic E-state index is 11.9. The molecule has 8 heteroatoms. The molecule has 1 atom stereocenters. The van der Waals surface area contributed by atoms with Gasteiger partial charge in [-0.2, -0.15) is 0 Å². The molecule has 0 aliphatic carbocycles. The molecule has 0 aliphatic rings. The second kappa shape index (κ2) is 8.35. The van der Waals surface area contributed by atoms with Gasteiger partial charge >= 0.3 is 12.0 Å². The molecule has 2 N–H and O–H groups in total. The SMILES string of the molecule is CC(OC(=O)Cc1ccc(Cl)c(Cl)c1)C(=O)NC(=O)NC(C)(C)C. The Hall–Kier alpha value is -1.79. The summed E-state index contributed by atoms with van der Waals surface area (Å²) in [6.45, 7) is 6.71. The lowest BCUT2D eigenvalue weighted by molar-refractivity contribution is -0.153. The molecule has 0 saturated heterocycles. The zero-order valence-corrected chi connectivity index (χ0v) is 15.4. The summed E-state index contributed by atoms with van der Waals surface area (Å²) in [6, 6.07) is 4.10. The molecule has 132 valence electrons. The van der Waals surface area contributed by atoms with Crippen LogP contribution in [0.4, 0.5) is 4.79 Å². The van der Waals surface area contributed by atoms with E-state index >= 15 is 0 Å². The monoisotopic (exact) mass is 374 g/mol. The molecule has 1 rings (SSSR count). The summed E-state index contributed by atoms with van der Waals surface area (Å²) in [7, 11) is 0. The molecular formula is C16H20Cl2N2O4. The Bertz CT molecular complexity index is 641. The predicted molar refractivity (Wildman–Crippen MR) is 92.1 cm³/mol. The quantitative estimate of drug-likeness (QED) is 0.792. The van der Waals surface area contributed by atoms with Crippen LogP contribution in [0.25, 0.3) is 0 Å². The number of ether oxygens (including phenoxy) is 1. The van der Waals surface area contributed by atoms with Crippen molar-refractivity contribution >= 4 is 41.1 Å². The van der Waals surface area contributed by atoms with E-state index in [-0.39, 0.29) is 6.42 Å². The van der Waals surface area contributed by atoms with Crippen LogP contribution in [0.2, 0.25) is 10.0 Å². The molecule has 6 nitrogen and oxygen atoms in total. The van der Waals surface area contributed by atoms with Crippen LogP contribution in [-0.4, -0.2) is 29.6 Å². The third kappa shape index (κ3) is 7.19. The molecule has 0 spiro atoms. The first-order chi connectivity index (χ1) is 11.0. The van der Waals surface area contributed by atoms with E-state index in [4.69, 9.17) is 27.9 Å². The van der Waals surface area contributed by atoms with Crippen molar-refractivity contribution in [2.75, 3.05) is 0 Å². The first kappa shape index (κ1) is 20.3. The van der Waals surface area contributed by atoms with Gasteiger partial charge in [-0.15, -0.1) is 0 Å². The molecule has 3 amide bonds. The van der Waals surface area contributed by atoms with Crippen LogP contribution in [0.3, 0.4) is 0 Å². The number of amides is 3. The van der Waals surface area contributed by atoms with Crippen molar-refractivity contribution in [2.24, 2.45) is 0 Å². The van der Waals surface area contributed by atoms with Crippen molar-refractivity contribution < 1.29 is 19.1 Å². The van der Waals surface area contributed by atoms with Gasteiger partial charge in [-0.1, -0.05) is 29.3 Å². The lowest BCUT2D eigenvalue weighted by atomic mass is 10.1. The van der Waals surface area contributed by atoms with E-state index in [2.05, 4.69) is 10.6 Å². The van der Waals surface area contributed by atoms with Crippen molar-refractivity contribution in [3.05, 3.63) is 33.8 Å². The van der Waals surface area contributed by atoms with E-state index in [0.29, 0.717) is 15.6 Å². The topological polar surface area (TPSA) is 84.5 Å². The zero-order chi connectivity index (χ0) is 18.5. The van der Waals surface area contributed by atoms with Crippen LogP contribution in [0.15, 0.2) is 18.2 Å². The lowest BCUT2D eigenvalue weighted by Crippen LogP contribution is -2.50. The van der Waals surface area contributed by atoms with Crippen molar-refractivity contribution in [3.8, 4) is 0 Å². The highest BCUT2D eigenvalue weighted by Crippen LogP contribution is 2.22. The van der Waals surface area contributed by atoms with Crippen LogP contribution in [0.1, 0.15) is 33.3 Å². The molecule has 1 aromatic rings. The minimum absolute atomic E-state index is 0.0668. The second-order valence-corrected chi connectivity index (χ2v) is 7.07. The average Bonchev–Trinajstić information content (AvgIpc) is 2.40. The highest BCUT2D eigenvalue weighted by Gasteiger charge is 2.22. The maximum Gasteiger partial charge on any atom is 0.321 e. The third-order valence-corrected chi connectivity index (χ3v) is 3.47. The first-order valence-electron chi connectivity index (χ1n) is 7.24. The van der Waals surface area contributed by atoms with Gasteiger partial charge in [0.25, 0.3) is 5.91 Å². The highest BCUT2D eigenvalue weighted by atomic mass is 35.5. The molecule has 1 aromatic carbocycles. The van der Waals surface area contributed by atoms with Gasteiger partial charge in [0, 0.05) is 5.54 Å². The summed E-state index contributed by atoms with van der Waals surface area (Å²) in [4.78, 5) is 35.3. The molecule has 0 heterocycles. The van der Waals surface area contributed by atoms with Gasteiger partial charge in [-0.3, -0.25) is 14.9 Å². The minimum atomic E-state index is -1.11. The molecule has 1 unspecified atom stereocenters. The fraction of sp³-hybridized carbons (Fsp3) is 0.438. The smallest absolute Gasteiger partial charge is 0.321 e. The number of halogens is 2. The lowest BCUT2D eigenvalue weighted by Gasteiger charge is -2.21. The Morgan fingerprint density at radius 2 is 1.79 bits per heavy atom. The number of hydrogen-bond donors (Lipinski definition) is 2. The summed E-state index contributed by atoms with van der Waals surface area (Å²) in [5.41, 5.74) is 0.116. The Morgan fingerprint density at radius 1 is 1.17 bits per heavy atom. The molecular weight excluding hydrogens is 355 g/mol. The number of carbonyl (C=O) groups excluding carboxylic acids is 3. The van der Waals surface area contributed by atoms with Gasteiger partial charge in [0.2, 0.25) is 0 Å².